The molecule has 1 heterocycles. The number of anilines is 1. The van der Waals surface area contributed by atoms with Gasteiger partial charge in [0.1, 0.15) is 0 Å². The molecule has 2 unspecified atom stereocenters. The zero-order valence-electron chi connectivity index (χ0n) is 20.9. The van der Waals surface area contributed by atoms with E-state index in [0.29, 0.717) is 12.1 Å². The van der Waals surface area contributed by atoms with Crippen LogP contribution in [0.15, 0.2) is 36.4 Å². The van der Waals surface area contributed by atoms with Crippen molar-refractivity contribution in [2.75, 3.05) is 18.1 Å². The topological polar surface area (TPSA) is 67.9 Å². The van der Waals surface area contributed by atoms with E-state index in [-0.39, 0.29) is 30.3 Å². The highest BCUT2D eigenvalue weighted by molar-refractivity contribution is 5.90. The summed E-state index contributed by atoms with van der Waals surface area (Å²) in [6, 6.07) is 1.85. The van der Waals surface area contributed by atoms with Crippen LogP contribution in [0.5, 0.6) is 0 Å². The minimum Gasteiger partial charge on any atom is -0.449 e. The first-order chi connectivity index (χ1) is 18.4. The zero-order valence-corrected chi connectivity index (χ0v) is 20.9. The van der Waals surface area contributed by atoms with Gasteiger partial charge in [-0.15, -0.1) is 0 Å². The molecule has 2 aromatic rings. The monoisotopic (exact) mass is 586 g/mol. The van der Waals surface area contributed by atoms with Gasteiger partial charge in [-0.25, -0.2) is 9.59 Å². The predicted molar refractivity (Wildman–Crippen MR) is 122 cm³/mol. The van der Waals surface area contributed by atoms with Crippen molar-refractivity contribution in [1.82, 2.24) is 5.32 Å². The largest absolute Gasteiger partial charge is 0.449 e. The van der Waals surface area contributed by atoms with Crippen molar-refractivity contribution in [1.29, 1.82) is 0 Å². The number of fused-ring (bicyclic) bond motifs is 1. The lowest BCUT2D eigenvalue weighted by atomic mass is 9.90. The van der Waals surface area contributed by atoms with Gasteiger partial charge in [0.15, 0.2) is 0 Å². The normalized spacial score (nSPS) is 17.7. The second-order valence-electron chi connectivity index (χ2n) is 8.92. The summed E-state index contributed by atoms with van der Waals surface area (Å²) >= 11 is 0. The van der Waals surface area contributed by atoms with E-state index in [0.717, 1.165) is 23.1 Å². The number of hydrogen-bond acceptors (Lipinski definition) is 4. The number of ether oxygens (including phenoxy) is 2. The Morgan fingerprint density at radius 1 is 0.875 bits per heavy atom. The van der Waals surface area contributed by atoms with E-state index in [1.807, 2.05) is 0 Å². The standard InChI is InChI=1S/C25H23F9N2O4/c1-3-39-22(38)36-13(2)8-19(18-12-15(23(26,27)28)4-5-20(18)36)35-21(37)40-7-6-14-9-16(24(29,30)31)11-17(10-14)25(32,33)34/h4-5,9-13,19H,3,6-8H2,1-2H3,(H,35,37). The summed E-state index contributed by atoms with van der Waals surface area (Å²) in [4.78, 5) is 26.1. The Morgan fingerprint density at radius 2 is 1.45 bits per heavy atom. The quantitative estimate of drug-likeness (QED) is 0.369. The van der Waals surface area contributed by atoms with Crippen LogP contribution in [0.1, 0.15) is 54.1 Å². The maximum atomic E-state index is 13.4. The average Bonchev–Trinajstić information content (AvgIpc) is 2.82. The van der Waals surface area contributed by atoms with Crippen LogP contribution in [0.2, 0.25) is 0 Å². The Hall–Kier alpha value is -3.65. The molecule has 3 rings (SSSR count). The number of carbonyl (C=O) groups excluding carboxylic acids is 2. The van der Waals surface area contributed by atoms with Gasteiger partial charge in [0, 0.05) is 12.5 Å². The van der Waals surface area contributed by atoms with Gasteiger partial charge in [-0.2, -0.15) is 39.5 Å². The number of benzene rings is 2. The van der Waals surface area contributed by atoms with Gasteiger partial charge in [0.2, 0.25) is 0 Å². The Bertz CT molecular complexity index is 1210. The van der Waals surface area contributed by atoms with Gasteiger partial charge in [-0.05, 0) is 67.8 Å². The molecule has 1 aliphatic heterocycles. The van der Waals surface area contributed by atoms with Gasteiger partial charge >= 0.3 is 30.7 Å². The van der Waals surface area contributed by atoms with Crippen LogP contribution in [0.4, 0.5) is 54.8 Å². The highest BCUT2D eigenvalue weighted by atomic mass is 19.4. The molecule has 1 N–H and O–H groups in total. The number of amides is 2. The SMILES string of the molecule is CCOC(=O)N1c2ccc(C(F)(F)F)cc2C(NC(=O)OCCc2cc(C(F)(F)F)cc(C(F)(F)F)c2)CC1C. The van der Waals surface area contributed by atoms with E-state index in [1.54, 1.807) is 13.8 Å². The van der Waals surface area contributed by atoms with Gasteiger partial charge < -0.3 is 14.8 Å². The van der Waals surface area contributed by atoms with Crippen molar-refractivity contribution < 1.29 is 58.6 Å². The molecule has 2 atom stereocenters. The molecule has 0 aliphatic carbocycles. The Balaban J connectivity index is 1.78. The van der Waals surface area contributed by atoms with Gasteiger partial charge in [-0.3, -0.25) is 4.90 Å². The third-order valence-corrected chi connectivity index (χ3v) is 6.04. The van der Waals surface area contributed by atoms with E-state index >= 15 is 0 Å². The fourth-order valence-electron chi connectivity index (χ4n) is 4.26. The molecule has 2 amide bonds. The first-order valence-electron chi connectivity index (χ1n) is 11.8. The van der Waals surface area contributed by atoms with Crippen LogP contribution in [0.3, 0.4) is 0 Å². The van der Waals surface area contributed by atoms with E-state index in [1.165, 1.54) is 0 Å². The molecule has 0 aromatic heterocycles. The molecule has 15 heteroatoms. The minimum atomic E-state index is -5.05. The fourth-order valence-corrected chi connectivity index (χ4v) is 4.26. The maximum absolute atomic E-state index is 13.4. The third kappa shape index (κ3) is 7.30. The highest BCUT2D eigenvalue weighted by Gasteiger charge is 2.39. The maximum Gasteiger partial charge on any atom is 0.416 e. The number of alkyl carbamates (subject to hydrolysis) is 1. The van der Waals surface area contributed by atoms with E-state index in [2.05, 4.69) is 5.32 Å². The highest BCUT2D eigenvalue weighted by Crippen LogP contribution is 2.41. The molecule has 0 fully saturated rings. The summed E-state index contributed by atoms with van der Waals surface area (Å²) in [6.45, 7) is 2.49. The first kappa shape index (κ1) is 30.9. The van der Waals surface area contributed by atoms with Crippen molar-refractivity contribution in [3.63, 3.8) is 0 Å². The molecule has 0 bridgehead atoms. The summed E-state index contributed by atoms with van der Waals surface area (Å²) in [6.07, 6.45) is -17.4. The lowest BCUT2D eigenvalue weighted by Crippen LogP contribution is -2.46. The number of halogens is 9. The minimum absolute atomic E-state index is 0.00235. The number of nitrogens with one attached hydrogen (secondary N) is 1. The lowest BCUT2D eigenvalue weighted by molar-refractivity contribution is -0.143. The van der Waals surface area contributed by atoms with Gasteiger partial charge in [0.25, 0.3) is 0 Å². The smallest absolute Gasteiger partial charge is 0.416 e. The van der Waals surface area contributed by atoms with Crippen LogP contribution in [-0.4, -0.2) is 31.4 Å². The lowest BCUT2D eigenvalue weighted by Gasteiger charge is -2.39. The predicted octanol–water partition coefficient (Wildman–Crippen LogP) is 7.51. The summed E-state index contributed by atoms with van der Waals surface area (Å²) in [5.41, 5.74) is -4.51. The van der Waals surface area contributed by atoms with Crippen molar-refractivity contribution in [3.05, 3.63) is 64.2 Å². The van der Waals surface area contributed by atoms with Crippen molar-refractivity contribution in [2.45, 2.75) is 57.3 Å². The number of rotatable bonds is 5. The molecule has 220 valence electrons. The van der Waals surface area contributed by atoms with Gasteiger partial charge in [0.05, 0.1) is 41.6 Å². The Kier molecular flexibility index (Phi) is 8.84. The molecular formula is C25H23F9N2O4. The third-order valence-electron chi connectivity index (χ3n) is 6.04. The number of alkyl halides is 9. The molecule has 1 aliphatic rings. The molecule has 0 saturated carbocycles. The summed E-state index contributed by atoms with van der Waals surface area (Å²) in [5, 5.41) is 2.37. The number of carbonyl (C=O) groups is 2. The molecule has 0 radical (unpaired) electrons. The summed E-state index contributed by atoms with van der Waals surface area (Å²) < 4.78 is 128. The van der Waals surface area contributed by atoms with Crippen LogP contribution >= 0.6 is 0 Å². The van der Waals surface area contributed by atoms with E-state index in [4.69, 9.17) is 9.47 Å². The molecule has 0 saturated heterocycles. The number of nitrogens with zero attached hydrogens (tertiary/aromatic N) is 1. The van der Waals surface area contributed by atoms with Gasteiger partial charge in [-0.1, -0.05) is 0 Å². The van der Waals surface area contributed by atoms with Crippen LogP contribution in [-0.2, 0) is 34.4 Å². The molecule has 2 aromatic carbocycles. The molecule has 6 nitrogen and oxygen atoms in total. The zero-order chi connectivity index (χ0) is 30.0. The average molecular weight is 586 g/mol. The van der Waals surface area contributed by atoms with Crippen molar-refractivity contribution in [3.8, 4) is 0 Å². The van der Waals surface area contributed by atoms with E-state index in [9.17, 15) is 49.1 Å². The van der Waals surface area contributed by atoms with Crippen LogP contribution < -0.4 is 10.2 Å². The number of hydrogen-bond donors (Lipinski definition) is 1. The Morgan fingerprint density at radius 3 is 1.98 bits per heavy atom. The Labute approximate surface area is 222 Å². The van der Waals surface area contributed by atoms with Crippen LogP contribution in [0, 0.1) is 0 Å². The van der Waals surface area contributed by atoms with Crippen molar-refractivity contribution >= 4 is 17.9 Å². The second kappa shape index (κ2) is 11.5. The summed E-state index contributed by atoms with van der Waals surface area (Å²) in [5.74, 6) is 0. The van der Waals surface area contributed by atoms with E-state index < -0.39 is 78.1 Å². The second-order valence-corrected chi connectivity index (χ2v) is 8.92. The fraction of sp³-hybridized carbons (Fsp3) is 0.440. The van der Waals surface area contributed by atoms with Crippen LogP contribution in [0.25, 0.3) is 0 Å². The first-order valence-corrected chi connectivity index (χ1v) is 11.8. The van der Waals surface area contributed by atoms with Crippen molar-refractivity contribution in [2.24, 2.45) is 0 Å². The molecule has 40 heavy (non-hydrogen) atoms. The molecule has 0 spiro atoms. The molecular weight excluding hydrogens is 563 g/mol. The summed E-state index contributed by atoms with van der Waals surface area (Å²) in [7, 11) is 0.